The van der Waals surface area contributed by atoms with Crippen LogP contribution in [-0.2, 0) is 0 Å². The number of anilines is 1. The first kappa shape index (κ1) is 10.2. The van der Waals surface area contributed by atoms with Gasteiger partial charge < -0.3 is 10.6 Å². The molecule has 1 aromatic rings. The van der Waals surface area contributed by atoms with Crippen LogP contribution in [0, 0.1) is 3.70 Å². The van der Waals surface area contributed by atoms with Crippen molar-refractivity contribution in [2.45, 2.75) is 18.9 Å². The molecule has 2 N–H and O–H groups in total. The zero-order valence-electron chi connectivity index (χ0n) is 7.99. The number of nitrogens with zero attached hydrogens (tertiary/aromatic N) is 2. The van der Waals surface area contributed by atoms with Crippen molar-refractivity contribution in [3.63, 3.8) is 0 Å². The molecule has 1 aromatic heterocycles. The van der Waals surface area contributed by atoms with Crippen molar-refractivity contribution in [1.82, 2.24) is 4.98 Å². The van der Waals surface area contributed by atoms with Gasteiger partial charge >= 0.3 is 0 Å². The third-order valence-electron chi connectivity index (χ3n) is 2.62. The molecule has 3 nitrogen and oxygen atoms in total. The summed E-state index contributed by atoms with van der Waals surface area (Å²) in [5.74, 6) is 0. The van der Waals surface area contributed by atoms with E-state index in [-0.39, 0.29) is 0 Å². The number of hydrogen-bond acceptors (Lipinski definition) is 3. The lowest BCUT2D eigenvalue weighted by Crippen LogP contribution is -2.39. The van der Waals surface area contributed by atoms with E-state index >= 15 is 0 Å². The fourth-order valence-corrected chi connectivity index (χ4v) is 2.03. The monoisotopic (exact) mass is 303 g/mol. The summed E-state index contributed by atoms with van der Waals surface area (Å²) in [7, 11) is 0. The maximum Gasteiger partial charge on any atom is 0.101 e. The summed E-state index contributed by atoms with van der Waals surface area (Å²) in [6, 6.07) is 4.57. The van der Waals surface area contributed by atoms with Gasteiger partial charge in [-0.25, -0.2) is 4.98 Å². The van der Waals surface area contributed by atoms with Gasteiger partial charge in [-0.2, -0.15) is 0 Å². The Bertz CT molecular complexity index is 291. The first-order chi connectivity index (χ1) is 6.75. The van der Waals surface area contributed by atoms with Crippen LogP contribution in [0.4, 0.5) is 5.69 Å². The lowest BCUT2D eigenvalue weighted by atomic mass is 10.1. The molecule has 2 rings (SSSR count). The Labute approximate surface area is 97.8 Å². The fourth-order valence-electron chi connectivity index (χ4n) is 1.71. The molecular formula is C10H14IN3. The smallest absolute Gasteiger partial charge is 0.101 e. The standard InChI is InChI=1S/C10H14IN3/c11-10-2-1-9(7-13-10)14-5-3-8(12)4-6-14/h1-2,7-8H,3-6,12H2. The van der Waals surface area contributed by atoms with E-state index in [1.807, 2.05) is 12.3 Å². The highest BCUT2D eigenvalue weighted by Crippen LogP contribution is 2.18. The summed E-state index contributed by atoms with van der Waals surface area (Å²) in [6.07, 6.45) is 4.12. The first-order valence-electron chi connectivity index (χ1n) is 4.88. The lowest BCUT2D eigenvalue weighted by Gasteiger charge is -2.31. The highest BCUT2D eigenvalue weighted by Gasteiger charge is 2.16. The van der Waals surface area contributed by atoms with Gasteiger partial charge in [-0.15, -0.1) is 0 Å². The Kier molecular flexibility index (Phi) is 3.22. The van der Waals surface area contributed by atoms with Gasteiger partial charge in [0.05, 0.1) is 11.9 Å². The summed E-state index contributed by atoms with van der Waals surface area (Å²) in [6.45, 7) is 2.12. The van der Waals surface area contributed by atoms with Gasteiger partial charge in [0, 0.05) is 19.1 Å². The average molecular weight is 303 g/mol. The van der Waals surface area contributed by atoms with Crippen molar-refractivity contribution >= 4 is 28.3 Å². The lowest BCUT2D eigenvalue weighted by molar-refractivity contribution is 0.501. The van der Waals surface area contributed by atoms with Crippen molar-refractivity contribution < 1.29 is 0 Å². The van der Waals surface area contributed by atoms with E-state index in [1.165, 1.54) is 5.69 Å². The molecule has 1 saturated heterocycles. The van der Waals surface area contributed by atoms with E-state index in [0.29, 0.717) is 6.04 Å². The number of aromatic nitrogens is 1. The maximum absolute atomic E-state index is 5.86. The van der Waals surface area contributed by atoms with Gasteiger partial charge in [0.15, 0.2) is 0 Å². The Morgan fingerprint density at radius 2 is 2.07 bits per heavy atom. The molecule has 0 saturated carbocycles. The maximum atomic E-state index is 5.86. The molecule has 2 heterocycles. The topological polar surface area (TPSA) is 42.1 Å². The first-order valence-corrected chi connectivity index (χ1v) is 5.95. The van der Waals surface area contributed by atoms with Crippen molar-refractivity contribution in [2.24, 2.45) is 5.73 Å². The Hall–Kier alpha value is -0.360. The molecule has 1 fully saturated rings. The largest absolute Gasteiger partial charge is 0.370 e. The van der Waals surface area contributed by atoms with Crippen LogP contribution >= 0.6 is 22.6 Å². The predicted octanol–water partition coefficient (Wildman–Crippen LogP) is 1.61. The SMILES string of the molecule is NC1CCN(c2ccc(I)nc2)CC1. The minimum atomic E-state index is 0.392. The summed E-state index contributed by atoms with van der Waals surface area (Å²) >= 11 is 2.22. The molecule has 0 radical (unpaired) electrons. The van der Waals surface area contributed by atoms with Crippen LogP contribution in [0.2, 0.25) is 0 Å². The van der Waals surface area contributed by atoms with E-state index in [4.69, 9.17) is 5.73 Å². The summed E-state index contributed by atoms with van der Waals surface area (Å²) in [5, 5.41) is 0. The predicted molar refractivity (Wildman–Crippen MR) is 66.4 cm³/mol. The van der Waals surface area contributed by atoms with Crippen LogP contribution in [0.25, 0.3) is 0 Å². The van der Waals surface area contributed by atoms with E-state index in [9.17, 15) is 0 Å². The molecule has 76 valence electrons. The molecule has 1 aliphatic heterocycles. The van der Waals surface area contributed by atoms with E-state index < -0.39 is 0 Å². The van der Waals surface area contributed by atoms with E-state index in [1.54, 1.807) is 0 Å². The number of hydrogen-bond donors (Lipinski definition) is 1. The summed E-state index contributed by atoms with van der Waals surface area (Å²) < 4.78 is 1.04. The normalized spacial score (nSPS) is 18.6. The number of rotatable bonds is 1. The molecule has 14 heavy (non-hydrogen) atoms. The number of piperidine rings is 1. The molecule has 1 aliphatic rings. The zero-order valence-corrected chi connectivity index (χ0v) is 10.1. The van der Waals surface area contributed by atoms with Gasteiger partial charge in [-0.1, -0.05) is 0 Å². The minimum absolute atomic E-state index is 0.392. The van der Waals surface area contributed by atoms with Crippen LogP contribution in [0.1, 0.15) is 12.8 Å². The van der Waals surface area contributed by atoms with Crippen molar-refractivity contribution in [2.75, 3.05) is 18.0 Å². The second-order valence-corrected chi connectivity index (χ2v) is 4.77. The fraction of sp³-hybridized carbons (Fsp3) is 0.500. The molecule has 0 aliphatic carbocycles. The Morgan fingerprint density at radius 1 is 1.36 bits per heavy atom. The van der Waals surface area contributed by atoms with Crippen molar-refractivity contribution in [1.29, 1.82) is 0 Å². The third kappa shape index (κ3) is 2.36. The Balaban J connectivity index is 2.05. The third-order valence-corrected chi connectivity index (χ3v) is 3.25. The van der Waals surface area contributed by atoms with Gasteiger partial charge in [-0.3, -0.25) is 0 Å². The second kappa shape index (κ2) is 4.44. The summed E-state index contributed by atoms with van der Waals surface area (Å²) in [5.41, 5.74) is 7.08. The van der Waals surface area contributed by atoms with Crippen LogP contribution in [0.5, 0.6) is 0 Å². The van der Waals surface area contributed by atoms with Gasteiger partial charge in [0.25, 0.3) is 0 Å². The van der Waals surface area contributed by atoms with Crippen molar-refractivity contribution in [3.8, 4) is 0 Å². The molecule has 4 heteroatoms. The van der Waals surface area contributed by atoms with Crippen LogP contribution in [0.15, 0.2) is 18.3 Å². The van der Waals surface area contributed by atoms with E-state index in [0.717, 1.165) is 29.6 Å². The molecule has 0 unspecified atom stereocenters. The van der Waals surface area contributed by atoms with Crippen LogP contribution < -0.4 is 10.6 Å². The summed E-state index contributed by atoms with van der Waals surface area (Å²) in [4.78, 5) is 6.64. The van der Waals surface area contributed by atoms with Gasteiger partial charge in [-0.05, 0) is 47.6 Å². The molecule has 0 amide bonds. The van der Waals surface area contributed by atoms with Crippen LogP contribution in [0.3, 0.4) is 0 Å². The number of halogens is 1. The zero-order chi connectivity index (χ0) is 9.97. The van der Waals surface area contributed by atoms with E-state index in [2.05, 4.69) is 38.5 Å². The molecule has 0 bridgehead atoms. The molecule has 0 aromatic carbocycles. The molecular weight excluding hydrogens is 289 g/mol. The highest BCUT2D eigenvalue weighted by atomic mass is 127. The number of pyridine rings is 1. The van der Waals surface area contributed by atoms with Gasteiger partial charge in [0.1, 0.15) is 3.70 Å². The molecule has 0 atom stereocenters. The molecule has 0 spiro atoms. The Morgan fingerprint density at radius 3 is 2.64 bits per heavy atom. The number of nitrogens with two attached hydrogens (primary N) is 1. The minimum Gasteiger partial charge on any atom is -0.370 e. The van der Waals surface area contributed by atoms with Crippen molar-refractivity contribution in [3.05, 3.63) is 22.0 Å². The van der Waals surface area contributed by atoms with Crippen LogP contribution in [-0.4, -0.2) is 24.1 Å². The highest BCUT2D eigenvalue weighted by molar-refractivity contribution is 14.1. The van der Waals surface area contributed by atoms with Gasteiger partial charge in [0.2, 0.25) is 0 Å². The quantitative estimate of drug-likeness (QED) is 0.633. The average Bonchev–Trinajstić information content (AvgIpc) is 2.21. The second-order valence-electron chi connectivity index (χ2n) is 3.66.